The summed E-state index contributed by atoms with van der Waals surface area (Å²) >= 11 is 50.1. The number of hydrogen-bond donors (Lipinski definition) is 9. The lowest BCUT2D eigenvalue weighted by molar-refractivity contribution is 1.20. The Morgan fingerprint density at radius 2 is 0.573 bits per heavy atom. The van der Waals surface area contributed by atoms with Gasteiger partial charge in [-0.3, -0.25) is 37.1 Å². The lowest BCUT2D eigenvalue weighted by Crippen LogP contribution is -2.18. The third-order valence-electron chi connectivity index (χ3n) is 15.9. The van der Waals surface area contributed by atoms with Crippen LogP contribution in [0.5, 0.6) is 0 Å². The zero-order valence-corrected chi connectivity index (χ0v) is 71.9. The number of nitrogens with two attached hydrogens (primary N) is 9. The fraction of sp³-hybridized carbons (Fsp3) is 0.145. The van der Waals surface area contributed by atoms with Crippen LogP contribution in [0.3, 0.4) is 0 Å². The quantitative estimate of drug-likeness (QED) is 0.0151. The SMILES string of the molecule is N#CCc1c(CCl)ccc2ccccc12.N#CCc1c(CCl)ccc2cccnc12.N#CCc1c(CCl)ccc2ccncc12.N#CCc1c(CSC(N)=[N+]=CCl)ccc2ccccc12.N#CCc1c(CSC(N)=[N+]=CCl)ccc2cccnc12.N#CCc1c(CSC(N)=[N+]=CCl)ccc2ccncc12.NC(N)=S.NC(N)=S.NC(N)=S. The Bertz CT molecular complexity index is 5320. The van der Waals surface area contributed by atoms with Crippen molar-refractivity contribution in [2.75, 3.05) is 0 Å². The number of halogens is 6. The summed E-state index contributed by atoms with van der Waals surface area (Å²) in [5, 5.41) is 65.5. The largest absolute Gasteiger partial charge is 0.403 e. The third-order valence-corrected chi connectivity index (χ3v) is 19.6. The van der Waals surface area contributed by atoms with Crippen molar-refractivity contribution in [3.63, 3.8) is 0 Å². The second kappa shape index (κ2) is 55.9. The van der Waals surface area contributed by atoms with E-state index >= 15 is 0 Å². The molecule has 0 saturated heterocycles. The van der Waals surface area contributed by atoms with Gasteiger partial charge < -0.3 is 34.4 Å². The number of rotatable bonds is 15. The highest BCUT2D eigenvalue weighted by Gasteiger charge is 2.16. The van der Waals surface area contributed by atoms with Gasteiger partial charge in [0.05, 0.1) is 86.0 Å². The maximum Gasteiger partial charge on any atom is 0.403 e. The van der Waals surface area contributed by atoms with Gasteiger partial charge in [0.1, 0.15) is 0 Å². The van der Waals surface area contributed by atoms with E-state index in [1.165, 1.54) is 35.3 Å². The van der Waals surface area contributed by atoms with E-state index in [9.17, 15) is 0 Å². The third kappa shape index (κ3) is 33.7. The molecule has 117 heavy (non-hydrogen) atoms. The number of nitriles is 6. The van der Waals surface area contributed by atoms with Crippen molar-refractivity contribution < 1.29 is 0 Å². The molecule has 0 fully saturated rings. The Morgan fingerprint density at radius 3 is 0.897 bits per heavy atom. The van der Waals surface area contributed by atoms with Gasteiger partial charge in [-0.1, -0.05) is 133 Å². The van der Waals surface area contributed by atoms with Crippen LogP contribution in [0, 0.1) is 68.0 Å². The number of amidine groups is 3. The molecule has 4 aromatic heterocycles. The second-order valence-electron chi connectivity index (χ2n) is 23.2. The topological polar surface area (TPSA) is 471 Å². The number of thiocarbonyl (C=S) groups is 3. The van der Waals surface area contributed by atoms with Crippen molar-refractivity contribution in [1.82, 2.24) is 33.9 Å². The summed E-state index contributed by atoms with van der Waals surface area (Å²) in [5.41, 5.74) is 62.2. The van der Waals surface area contributed by atoms with Crippen LogP contribution in [0.15, 0.2) is 195 Å². The number of pyridine rings is 4. The lowest BCUT2D eigenvalue weighted by atomic mass is 9.98. The van der Waals surface area contributed by atoms with Gasteiger partial charge in [-0.25, -0.2) is 0 Å². The first kappa shape index (κ1) is 97.8. The van der Waals surface area contributed by atoms with Gasteiger partial charge in [-0.05, 0) is 230 Å². The number of fused-ring (bicyclic) bond motifs is 6. The Balaban J connectivity index is 0.000000288. The van der Waals surface area contributed by atoms with Crippen LogP contribution in [-0.4, -0.2) is 67.8 Å². The predicted molar refractivity (Wildman–Crippen MR) is 506 cm³/mol. The first-order chi connectivity index (χ1) is 56.6. The number of benzene rings is 8. The zero-order chi connectivity index (χ0) is 85.9. The van der Waals surface area contributed by atoms with Gasteiger partial charge in [0.2, 0.25) is 0 Å². The average molecular weight is 1790 g/mol. The highest BCUT2D eigenvalue weighted by molar-refractivity contribution is 8.13. The van der Waals surface area contributed by atoms with Crippen molar-refractivity contribution >= 4 is 254 Å². The van der Waals surface area contributed by atoms with Crippen molar-refractivity contribution in [3.05, 3.63) is 262 Å². The monoisotopic (exact) mass is 1780 g/mol. The van der Waals surface area contributed by atoms with Crippen molar-refractivity contribution in [1.29, 1.82) is 31.6 Å². The molecule has 594 valence electrons. The molecule has 34 heteroatoms. The minimum absolute atomic E-state index is 0.000000000000000222. The van der Waals surface area contributed by atoms with E-state index < -0.39 is 0 Å². The molecular formula is C83H77Cl6N22S6+3. The van der Waals surface area contributed by atoms with Gasteiger partial charge in [-0.15, -0.1) is 34.8 Å². The molecule has 0 unspecified atom stereocenters. The summed E-state index contributed by atoms with van der Waals surface area (Å²) in [4.78, 5) is 16.9. The number of nitrogens with zero attached hydrogens (tertiary/aromatic N) is 13. The van der Waals surface area contributed by atoms with Crippen LogP contribution < -0.4 is 65.6 Å². The standard InChI is InChI=1S/C15H12ClN3S.2C14H11ClN4S.C13H10ClN.2C12H9ClN2.3CH4N2S/c16-10-19-15(18)20-9-12-6-5-11-3-1-2-4-13(11)14(12)7-8-17;15-9-19-14(17)20-8-11-2-1-10-4-6-18-7-13(10)12(11)3-5-16;15-9-19-14(17)20-8-11-4-3-10-2-1-7-18-13(10)12(11)5-6-16;14-9-11-6-5-10-3-1-2-4-12(10)13(11)7-8-15;13-7-10-2-1-9-4-6-15-8-12(9)11(10)3-5-14;13-8-10-4-3-9-2-1-7-15-12(9)11(10)5-6-14;3*2-1(3)4/h1-6,10,18H,7,9H2;1-2,4,6-7,9,17H,3,8H2;1-4,7,9,17H,5,8H2;1-6H,7,9H2;1-2,4,6,8H,3,7H2;1-4,7H,5,8H2;3*(H4,2,3,4)/p+3. The van der Waals surface area contributed by atoms with E-state index in [0.29, 0.717) is 88.9 Å². The van der Waals surface area contributed by atoms with Crippen LogP contribution >= 0.6 is 142 Å². The molecule has 0 bridgehead atoms. The summed E-state index contributed by atoms with van der Waals surface area (Å²) in [5.74, 6) is 3.25. The fourth-order valence-electron chi connectivity index (χ4n) is 11.0. The molecule has 0 saturated carbocycles. The average Bonchev–Trinajstić information content (AvgIpc) is 0.832. The molecule has 12 aromatic rings. The smallest absolute Gasteiger partial charge is 0.377 e. The van der Waals surface area contributed by atoms with E-state index in [4.69, 9.17) is 118 Å². The molecule has 0 aliphatic heterocycles. The van der Waals surface area contributed by atoms with Crippen LogP contribution in [-0.2, 0) is 73.4 Å². The molecule has 0 radical (unpaired) electrons. The molecule has 4 heterocycles. The normalized spacial score (nSPS) is 9.54. The van der Waals surface area contributed by atoms with E-state index in [1.807, 2.05) is 152 Å². The number of aromatic nitrogens is 4. The summed E-state index contributed by atoms with van der Waals surface area (Å²) < 4.78 is 11.4. The Kier molecular flexibility index (Phi) is 46.7. The maximum absolute atomic E-state index is 9.04. The lowest BCUT2D eigenvalue weighted by Gasteiger charge is -2.09. The molecule has 0 amide bonds. The minimum Gasteiger partial charge on any atom is -0.377 e. The van der Waals surface area contributed by atoms with Crippen LogP contribution in [0.2, 0.25) is 0 Å². The van der Waals surface area contributed by atoms with Crippen LogP contribution in [0.4, 0.5) is 0 Å². The van der Waals surface area contributed by atoms with Crippen LogP contribution in [0.1, 0.15) is 66.8 Å². The van der Waals surface area contributed by atoms with Gasteiger partial charge in [0.15, 0.2) is 15.3 Å². The maximum atomic E-state index is 9.04. The van der Waals surface area contributed by atoms with Gasteiger partial charge in [0, 0.05) is 93.6 Å². The highest BCUT2D eigenvalue weighted by atomic mass is 35.5. The van der Waals surface area contributed by atoms with Gasteiger partial charge in [-0.2, -0.15) is 45.6 Å². The zero-order valence-electron chi connectivity index (χ0n) is 62.4. The molecule has 0 aliphatic rings. The van der Waals surface area contributed by atoms with E-state index in [2.05, 4.69) is 147 Å². The molecule has 0 spiro atoms. The summed E-state index contributed by atoms with van der Waals surface area (Å²) in [6, 6.07) is 65.0. The second-order valence-corrected chi connectivity index (χ2v) is 29.0. The predicted octanol–water partition coefficient (Wildman–Crippen LogP) is 14.4. The van der Waals surface area contributed by atoms with Crippen molar-refractivity contribution in [2.24, 2.45) is 51.6 Å². The molecule has 18 N–H and O–H groups in total. The molecule has 0 aliphatic carbocycles. The van der Waals surface area contributed by atoms with Gasteiger partial charge in [0.25, 0.3) is 17.0 Å². The minimum atomic E-state index is 0.000000000000000222. The number of thioether (sulfide) groups is 3. The number of alkyl halides is 3. The van der Waals surface area contributed by atoms with Crippen molar-refractivity contribution in [2.45, 2.75) is 73.4 Å². The Hall–Kier alpha value is -11.5. The molecular weight excluding hydrogens is 1710 g/mol. The Morgan fingerprint density at radius 1 is 0.325 bits per heavy atom. The molecule has 22 nitrogen and oxygen atoms in total. The summed E-state index contributed by atoms with van der Waals surface area (Å²) in [7, 11) is 0. The van der Waals surface area contributed by atoms with Crippen molar-refractivity contribution in [3.8, 4) is 36.4 Å². The summed E-state index contributed by atoms with van der Waals surface area (Å²) in [6.07, 6.45) is 12.8. The number of hydrogen-bond acceptors (Lipinski definition) is 16. The highest BCUT2D eigenvalue weighted by Crippen LogP contribution is 2.31. The first-order valence-electron chi connectivity index (χ1n) is 34.1. The molecule has 0 atom stereocenters. The Labute approximate surface area is 736 Å². The molecule has 12 rings (SSSR count). The molecule has 8 aromatic carbocycles. The summed E-state index contributed by atoms with van der Waals surface area (Å²) in [6.45, 7) is 0. The van der Waals surface area contributed by atoms with E-state index in [0.717, 1.165) is 149 Å². The van der Waals surface area contributed by atoms with E-state index in [-0.39, 0.29) is 15.3 Å². The van der Waals surface area contributed by atoms with Crippen LogP contribution in [0.25, 0.3) is 64.9 Å². The first-order valence-corrected chi connectivity index (χ1v) is 41.2. The fourth-order valence-corrected chi connectivity index (χ4v) is 14.3. The van der Waals surface area contributed by atoms with E-state index in [1.54, 1.807) is 37.2 Å². The van der Waals surface area contributed by atoms with Gasteiger partial charge >= 0.3 is 15.5 Å².